The average molecular weight is 357 g/mol. The van der Waals surface area contributed by atoms with Gasteiger partial charge in [-0.3, -0.25) is 4.79 Å². The first-order valence-corrected chi connectivity index (χ1v) is 9.18. The van der Waals surface area contributed by atoms with Gasteiger partial charge in [-0.1, -0.05) is 23.5 Å². The van der Waals surface area contributed by atoms with E-state index in [2.05, 4.69) is 26.5 Å². The molecule has 1 aliphatic heterocycles. The molecule has 25 heavy (non-hydrogen) atoms. The Hall–Kier alpha value is -2.48. The van der Waals surface area contributed by atoms with E-state index in [9.17, 15) is 4.79 Å². The summed E-state index contributed by atoms with van der Waals surface area (Å²) in [5, 5.41) is 11.6. The first kappa shape index (κ1) is 16.0. The van der Waals surface area contributed by atoms with Crippen molar-refractivity contribution in [1.82, 2.24) is 20.5 Å². The van der Waals surface area contributed by atoms with Gasteiger partial charge in [0.15, 0.2) is 5.13 Å². The van der Waals surface area contributed by atoms with Crippen LogP contribution in [0, 0.1) is 12.8 Å². The van der Waals surface area contributed by atoms with E-state index in [-0.39, 0.29) is 18.4 Å². The molecular weight excluding hydrogens is 338 g/mol. The Morgan fingerprint density at radius 1 is 1.32 bits per heavy atom. The molecule has 0 saturated carbocycles. The van der Waals surface area contributed by atoms with Crippen LogP contribution >= 0.6 is 11.3 Å². The Morgan fingerprint density at radius 2 is 2.12 bits per heavy atom. The smallest absolute Gasteiger partial charge is 0.235 e. The number of hydrogen-bond donors (Lipinski definition) is 1. The Balaban J connectivity index is 1.32. The van der Waals surface area contributed by atoms with E-state index in [1.165, 1.54) is 4.70 Å². The quantitative estimate of drug-likeness (QED) is 0.772. The Kier molecular flexibility index (Phi) is 4.35. The fourth-order valence-electron chi connectivity index (χ4n) is 3.04. The SMILES string of the molecule is Cc1nnc(CNC(=O)C2CCN(c3nc4ccccc4s3)CC2)o1. The number of piperidine rings is 1. The number of para-hydroxylation sites is 1. The molecule has 1 amide bonds. The zero-order valence-corrected chi connectivity index (χ0v) is 14.8. The molecule has 0 atom stereocenters. The summed E-state index contributed by atoms with van der Waals surface area (Å²) in [6.45, 7) is 3.71. The Labute approximate surface area is 149 Å². The molecule has 0 radical (unpaired) electrons. The van der Waals surface area contributed by atoms with E-state index in [0.717, 1.165) is 36.6 Å². The van der Waals surface area contributed by atoms with Crippen LogP contribution in [0.4, 0.5) is 5.13 Å². The first-order valence-electron chi connectivity index (χ1n) is 8.36. The molecule has 8 heteroatoms. The third-order valence-electron chi connectivity index (χ3n) is 4.40. The van der Waals surface area contributed by atoms with E-state index in [0.29, 0.717) is 11.8 Å². The predicted molar refractivity (Wildman–Crippen MR) is 95.4 cm³/mol. The second-order valence-electron chi connectivity index (χ2n) is 6.16. The predicted octanol–water partition coefficient (Wildman–Crippen LogP) is 2.52. The van der Waals surface area contributed by atoms with Gasteiger partial charge < -0.3 is 14.6 Å². The number of rotatable bonds is 4. The van der Waals surface area contributed by atoms with Crippen molar-refractivity contribution in [3.63, 3.8) is 0 Å². The highest BCUT2D eigenvalue weighted by Gasteiger charge is 2.26. The largest absolute Gasteiger partial charge is 0.424 e. The minimum atomic E-state index is 0.0228. The number of amides is 1. The third-order valence-corrected chi connectivity index (χ3v) is 5.50. The normalized spacial score (nSPS) is 15.6. The van der Waals surface area contributed by atoms with E-state index in [4.69, 9.17) is 9.40 Å². The number of aromatic nitrogens is 3. The standard InChI is InChI=1S/C17H19N5O2S/c1-11-20-21-15(24-11)10-18-16(23)12-6-8-22(9-7-12)17-19-13-4-2-3-5-14(13)25-17/h2-5,12H,6-10H2,1H3,(H,18,23). The molecule has 0 unspecified atom stereocenters. The van der Waals surface area contributed by atoms with Gasteiger partial charge >= 0.3 is 0 Å². The van der Waals surface area contributed by atoms with E-state index in [1.54, 1.807) is 18.3 Å². The molecule has 4 rings (SSSR count). The van der Waals surface area contributed by atoms with Gasteiger partial charge in [0.25, 0.3) is 0 Å². The monoisotopic (exact) mass is 357 g/mol. The van der Waals surface area contributed by atoms with Crippen molar-refractivity contribution in [3.05, 3.63) is 36.0 Å². The fraction of sp³-hybridized carbons (Fsp3) is 0.412. The molecule has 1 saturated heterocycles. The van der Waals surface area contributed by atoms with Crippen LogP contribution in [-0.2, 0) is 11.3 Å². The highest BCUT2D eigenvalue weighted by Crippen LogP contribution is 2.31. The van der Waals surface area contributed by atoms with Crippen molar-refractivity contribution in [2.75, 3.05) is 18.0 Å². The zero-order valence-electron chi connectivity index (χ0n) is 13.9. The van der Waals surface area contributed by atoms with Crippen LogP contribution in [0.5, 0.6) is 0 Å². The maximum absolute atomic E-state index is 12.3. The maximum Gasteiger partial charge on any atom is 0.235 e. The van der Waals surface area contributed by atoms with Gasteiger partial charge in [-0.15, -0.1) is 10.2 Å². The molecule has 130 valence electrons. The number of benzene rings is 1. The second-order valence-corrected chi connectivity index (χ2v) is 7.17. The number of anilines is 1. The van der Waals surface area contributed by atoms with Crippen LogP contribution in [0.1, 0.15) is 24.6 Å². The second kappa shape index (κ2) is 6.79. The minimum absolute atomic E-state index is 0.0228. The van der Waals surface area contributed by atoms with Crippen molar-refractivity contribution in [2.45, 2.75) is 26.3 Å². The third kappa shape index (κ3) is 3.48. The van der Waals surface area contributed by atoms with Crippen LogP contribution in [-0.4, -0.2) is 34.2 Å². The lowest BCUT2D eigenvalue weighted by atomic mass is 9.96. The summed E-state index contributed by atoms with van der Waals surface area (Å²) < 4.78 is 6.47. The van der Waals surface area contributed by atoms with Gasteiger partial charge in [0.2, 0.25) is 17.7 Å². The number of carbonyl (C=O) groups is 1. The number of carbonyl (C=O) groups excluding carboxylic acids is 1. The highest BCUT2D eigenvalue weighted by atomic mass is 32.1. The molecule has 1 aliphatic rings. The van der Waals surface area contributed by atoms with Crippen LogP contribution in [0.2, 0.25) is 0 Å². The van der Waals surface area contributed by atoms with Crippen LogP contribution in [0.3, 0.4) is 0 Å². The zero-order chi connectivity index (χ0) is 17.2. The number of nitrogens with zero attached hydrogens (tertiary/aromatic N) is 4. The number of aryl methyl sites for hydroxylation is 1. The summed E-state index contributed by atoms with van der Waals surface area (Å²) >= 11 is 1.71. The summed E-state index contributed by atoms with van der Waals surface area (Å²) in [6, 6.07) is 8.17. The lowest BCUT2D eigenvalue weighted by molar-refractivity contribution is -0.125. The molecule has 0 spiro atoms. The lowest BCUT2D eigenvalue weighted by Crippen LogP contribution is -2.40. The van der Waals surface area contributed by atoms with Crippen LogP contribution in [0.15, 0.2) is 28.7 Å². The van der Waals surface area contributed by atoms with Crippen molar-refractivity contribution in [1.29, 1.82) is 0 Å². The molecule has 1 fully saturated rings. The van der Waals surface area contributed by atoms with Gasteiger partial charge in [-0.2, -0.15) is 0 Å². The molecule has 3 heterocycles. The van der Waals surface area contributed by atoms with Gasteiger partial charge in [0, 0.05) is 25.9 Å². The number of hydrogen-bond acceptors (Lipinski definition) is 7. The van der Waals surface area contributed by atoms with Gasteiger partial charge in [0.05, 0.1) is 16.8 Å². The molecule has 1 N–H and O–H groups in total. The summed E-state index contributed by atoms with van der Waals surface area (Å²) in [4.78, 5) is 19.3. The average Bonchev–Trinajstić information content (AvgIpc) is 3.25. The molecule has 0 bridgehead atoms. The van der Waals surface area contributed by atoms with E-state index in [1.807, 2.05) is 18.2 Å². The van der Waals surface area contributed by atoms with Gasteiger partial charge in [-0.05, 0) is 25.0 Å². The van der Waals surface area contributed by atoms with Crippen molar-refractivity contribution < 1.29 is 9.21 Å². The Bertz CT molecular complexity index is 849. The van der Waals surface area contributed by atoms with Crippen molar-refractivity contribution in [2.24, 2.45) is 5.92 Å². The van der Waals surface area contributed by atoms with Crippen molar-refractivity contribution in [3.8, 4) is 0 Å². The number of thiazole rings is 1. The minimum Gasteiger partial charge on any atom is -0.424 e. The van der Waals surface area contributed by atoms with Crippen LogP contribution < -0.4 is 10.2 Å². The van der Waals surface area contributed by atoms with E-state index >= 15 is 0 Å². The van der Waals surface area contributed by atoms with Gasteiger partial charge in [-0.25, -0.2) is 4.98 Å². The van der Waals surface area contributed by atoms with Gasteiger partial charge in [0.1, 0.15) is 0 Å². The molecular formula is C17H19N5O2S. The summed E-state index contributed by atoms with van der Waals surface area (Å²) in [6.07, 6.45) is 1.65. The highest BCUT2D eigenvalue weighted by molar-refractivity contribution is 7.22. The fourth-order valence-corrected chi connectivity index (χ4v) is 4.06. The molecule has 2 aromatic heterocycles. The van der Waals surface area contributed by atoms with Crippen molar-refractivity contribution >= 4 is 32.6 Å². The van der Waals surface area contributed by atoms with Crippen LogP contribution in [0.25, 0.3) is 10.2 Å². The topological polar surface area (TPSA) is 84.2 Å². The first-order chi connectivity index (χ1) is 12.2. The molecule has 3 aromatic rings. The molecule has 0 aliphatic carbocycles. The number of nitrogens with one attached hydrogen (secondary N) is 1. The molecule has 1 aromatic carbocycles. The number of fused-ring (bicyclic) bond motifs is 1. The van der Waals surface area contributed by atoms with E-state index < -0.39 is 0 Å². The maximum atomic E-state index is 12.3. The summed E-state index contributed by atoms with van der Waals surface area (Å²) in [5.41, 5.74) is 1.04. The summed E-state index contributed by atoms with van der Waals surface area (Å²) in [7, 11) is 0. The lowest BCUT2D eigenvalue weighted by Gasteiger charge is -2.30. The molecule has 7 nitrogen and oxygen atoms in total. The Morgan fingerprint density at radius 3 is 2.84 bits per heavy atom. The summed E-state index contributed by atoms with van der Waals surface area (Å²) in [5.74, 6) is 1.03.